The first-order valence-electron chi connectivity index (χ1n) is 6.71. The largest absolute Gasteiger partial charge is 0.481 e. The third kappa shape index (κ3) is 3.45. The summed E-state index contributed by atoms with van der Waals surface area (Å²) in [6.07, 6.45) is 3.50. The molecule has 18 heavy (non-hydrogen) atoms. The van der Waals surface area contributed by atoms with E-state index in [1.807, 2.05) is 13.8 Å². The summed E-state index contributed by atoms with van der Waals surface area (Å²) in [7, 11) is 0. The van der Waals surface area contributed by atoms with Gasteiger partial charge in [-0.05, 0) is 39.5 Å². The molecule has 0 heterocycles. The standard InChI is InChI=1S/C13H23NO4/c1-3-14(10-7-11(15)16)12(17)13(18-4-2)8-5-6-9-13/h3-10H2,1-2H3,(H,15,16). The molecule has 0 spiro atoms. The minimum atomic E-state index is -0.877. The number of nitrogens with zero attached hydrogens (tertiary/aromatic N) is 1. The van der Waals surface area contributed by atoms with Gasteiger partial charge in [0.15, 0.2) is 0 Å². The number of rotatable bonds is 7. The topological polar surface area (TPSA) is 66.8 Å². The summed E-state index contributed by atoms with van der Waals surface area (Å²) in [6, 6.07) is 0. The summed E-state index contributed by atoms with van der Waals surface area (Å²) < 4.78 is 5.70. The van der Waals surface area contributed by atoms with Crippen LogP contribution in [-0.4, -0.2) is 47.2 Å². The summed E-state index contributed by atoms with van der Waals surface area (Å²) >= 11 is 0. The fourth-order valence-corrected chi connectivity index (χ4v) is 2.56. The Hall–Kier alpha value is -1.10. The molecule has 5 nitrogen and oxygen atoms in total. The third-order valence-corrected chi connectivity index (χ3v) is 3.49. The van der Waals surface area contributed by atoms with Gasteiger partial charge in [-0.15, -0.1) is 0 Å². The third-order valence-electron chi connectivity index (χ3n) is 3.49. The van der Waals surface area contributed by atoms with Crippen LogP contribution in [0.15, 0.2) is 0 Å². The van der Waals surface area contributed by atoms with Gasteiger partial charge in [0.1, 0.15) is 5.60 Å². The monoisotopic (exact) mass is 257 g/mol. The molecule has 0 aliphatic heterocycles. The molecule has 0 aromatic rings. The fraction of sp³-hybridized carbons (Fsp3) is 0.846. The van der Waals surface area contributed by atoms with Crippen molar-refractivity contribution in [3.05, 3.63) is 0 Å². The lowest BCUT2D eigenvalue weighted by molar-refractivity contribution is -0.158. The van der Waals surface area contributed by atoms with Crippen LogP contribution in [0.4, 0.5) is 0 Å². The molecule has 0 unspecified atom stereocenters. The first-order chi connectivity index (χ1) is 8.55. The van der Waals surface area contributed by atoms with Crippen molar-refractivity contribution < 1.29 is 19.4 Å². The van der Waals surface area contributed by atoms with Gasteiger partial charge in [-0.25, -0.2) is 0 Å². The van der Waals surface area contributed by atoms with E-state index in [0.717, 1.165) is 25.7 Å². The van der Waals surface area contributed by atoms with Crippen molar-refractivity contribution in [2.75, 3.05) is 19.7 Å². The van der Waals surface area contributed by atoms with Crippen LogP contribution in [0.2, 0.25) is 0 Å². The Balaban J connectivity index is 2.70. The molecule has 1 amide bonds. The number of hydrogen-bond acceptors (Lipinski definition) is 3. The smallest absolute Gasteiger partial charge is 0.305 e. The molecule has 0 aromatic carbocycles. The minimum absolute atomic E-state index is 0.0121. The van der Waals surface area contributed by atoms with Crippen LogP contribution < -0.4 is 0 Å². The van der Waals surface area contributed by atoms with E-state index in [1.54, 1.807) is 4.90 Å². The molecule has 0 radical (unpaired) electrons. The van der Waals surface area contributed by atoms with E-state index >= 15 is 0 Å². The lowest BCUT2D eigenvalue weighted by Gasteiger charge is -2.33. The molecular weight excluding hydrogens is 234 g/mol. The summed E-state index contributed by atoms with van der Waals surface area (Å²) in [4.78, 5) is 24.7. The van der Waals surface area contributed by atoms with E-state index in [4.69, 9.17) is 9.84 Å². The Bertz CT molecular complexity index is 297. The predicted molar refractivity (Wildman–Crippen MR) is 67.3 cm³/mol. The number of carboxylic acid groups (broad SMARTS) is 1. The zero-order chi connectivity index (χ0) is 13.6. The van der Waals surface area contributed by atoms with Gasteiger partial charge in [-0.3, -0.25) is 9.59 Å². The fourth-order valence-electron chi connectivity index (χ4n) is 2.56. The molecule has 0 bridgehead atoms. The highest BCUT2D eigenvalue weighted by atomic mass is 16.5. The molecule has 1 rings (SSSR count). The van der Waals surface area contributed by atoms with Crippen molar-refractivity contribution in [2.24, 2.45) is 0 Å². The Labute approximate surface area is 108 Å². The van der Waals surface area contributed by atoms with E-state index in [1.165, 1.54) is 0 Å². The van der Waals surface area contributed by atoms with E-state index in [2.05, 4.69) is 0 Å². The van der Waals surface area contributed by atoms with E-state index in [9.17, 15) is 9.59 Å². The maximum absolute atomic E-state index is 12.5. The van der Waals surface area contributed by atoms with Crippen molar-refractivity contribution in [3.63, 3.8) is 0 Å². The van der Waals surface area contributed by atoms with Gasteiger partial charge in [0.2, 0.25) is 0 Å². The Morgan fingerprint density at radius 1 is 1.28 bits per heavy atom. The highest BCUT2D eigenvalue weighted by Gasteiger charge is 2.44. The predicted octanol–water partition coefficient (Wildman–Crippen LogP) is 1.66. The molecule has 1 N–H and O–H groups in total. The zero-order valence-electron chi connectivity index (χ0n) is 11.3. The number of ether oxygens (including phenoxy) is 1. The molecule has 0 atom stereocenters. The Morgan fingerprint density at radius 3 is 2.33 bits per heavy atom. The summed E-state index contributed by atoms with van der Waals surface area (Å²) in [6.45, 7) is 5.07. The molecule has 1 saturated carbocycles. The number of likely N-dealkylation sites (N-methyl/N-ethyl adjacent to an activating group) is 1. The maximum Gasteiger partial charge on any atom is 0.305 e. The molecule has 1 fully saturated rings. The summed E-state index contributed by atoms with van der Waals surface area (Å²) in [5.41, 5.74) is -0.691. The van der Waals surface area contributed by atoms with Crippen LogP contribution in [0.5, 0.6) is 0 Å². The van der Waals surface area contributed by atoms with Crippen molar-refractivity contribution >= 4 is 11.9 Å². The van der Waals surface area contributed by atoms with Crippen molar-refractivity contribution in [1.29, 1.82) is 0 Å². The number of carbonyl (C=O) groups is 2. The van der Waals surface area contributed by atoms with Crippen LogP contribution in [-0.2, 0) is 14.3 Å². The average Bonchev–Trinajstić information content (AvgIpc) is 2.79. The minimum Gasteiger partial charge on any atom is -0.481 e. The highest BCUT2D eigenvalue weighted by molar-refractivity contribution is 5.86. The van der Waals surface area contributed by atoms with Crippen LogP contribution in [0.25, 0.3) is 0 Å². The number of hydrogen-bond donors (Lipinski definition) is 1. The summed E-state index contributed by atoms with van der Waals surface area (Å²) in [5, 5.41) is 8.70. The second-order valence-corrected chi connectivity index (χ2v) is 4.66. The van der Waals surface area contributed by atoms with E-state index in [-0.39, 0.29) is 18.9 Å². The number of carbonyl (C=O) groups excluding carboxylic acids is 1. The van der Waals surface area contributed by atoms with Crippen molar-refractivity contribution in [3.8, 4) is 0 Å². The van der Waals surface area contributed by atoms with Crippen molar-refractivity contribution in [1.82, 2.24) is 4.90 Å². The molecule has 0 aromatic heterocycles. The summed E-state index contributed by atoms with van der Waals surface area (Å²) in [5.74, 6) is -0.913. The Morgan fingerprint density at radius 2 is 1.89 bits per heavy atom. The van der Waals surface area contributed by atoms with Crippen LogP contribution in [0.1, 0.15) is 46.0 Å². The van der Waals surface area contributed by atoms with E-state index < -0.39 is 11.6 Å². The second-order valence-electron chi connectivity index (χ2n) is 4.66. The van der Waals surface area contributed by atoms with E-state index in [0.29, 0.717) is 13.2 Å². The van der Waals surface area contributed by atoms with Gasteiger partial charge in [0.25, 0.3) is 5.91 Å². The molecule has 1 aliphatic rings. The van der Waals surface area contributed by atoms with Gasteiger partial charge in [0, 0.05) is 19.7 Å². The van der Waals surface area contributed by atoms with Gasteiger partial charge >= 0.3 is 5.97 Å². The van der Waals surface area contributed by atoms with Crippen LogP contribution >= 0.6 is 0 Å². The van der Waals surface area contributed by atoms with Gasteiger partial charge in [-0.1, -0.05) is 0 Å². The average molecular weight is 257 g/mol. The SMILES string of the molecule is CCOC1(C(=O)N(CC)CCC(=O)O)CCCC1. The lowest BCUT2D eigenvalue weighted by Crippen LogP contribution is -2.49. The van der Waals surface area contributed by atoms with Gasteiger partial charge < -0.3 is 14.7 Å². The second kappa shape index (κ2) is 6.73. The number of carboxylic acids is 1. The van der Waals surface area contributed by atoms with Crippen LogP contribution in [0, 0.1) is 0 Å². The quantitative estimate of drug-likeness (QED) is 0.753. The van der Waals surface area contributed by atoms with Gasteiger partial charge in [-0.2, -0.15) is 0 Å². The zero-order valence-corrected chi connectivity index (χ0v) is 11.3. The normalized spacial score (nSPS) is 17.7. The molecule has 0 saturated heterocycles. The number of amides is 1. The highest BCUT2D eigenvalue weighted by Crippen LogP contribution is 2.35. The first-order valence-corrected chi connectivity index (χ1v) is 6.71. The van der Waals surface area contributed by atoms with Gasteiger partial charge in [0.05, 0.1) is 6.42 Å². The molecular formula is C13H23NO4. The van der Waals surface area contributed by atoms with Crippen LogP contribution in [0.3, 0.4) is 0 Å². The molecule has 1 aliphatic carbocycles. The molecule has 104 valence electrons. The first kappa shape index (κ1) is 15.0. The number of aliphatic carboxylic acids is 1. The Kier molecular flexibility index (Phi) is 5.59. The maximum atomic E-state index is 12.5. The molecule has 5 heteroatoms. The lowest BCUT2D eigenvalue weighted by atomic mass is 9.99. The van der Waals surface area contributed by atoms with Crippen molar-refractivity contribution in [2.45, 2.75) is 51.6 Å².